The molecule has 9 nitrogen and oxygen atoms in total. The topological polar surface area (TPSA) is 92.5 Å². The number of hydrogen-bond acceptors (Lipinski definition) is 6. The van der Waals surface area contributed by atoms with Crippen LogP contribution in [0.15, 0.2) is 24.2 Å². The van der Waals surface area contributed by atoms with Crippen LogP contribution in [-0.2, 0) is 27.2 Å². The highest BCUT2D eigenvalue weighted by molar-refractivity contribution is 9.11. The summed E-state index contributed by atoms with van der Waals surface area (Å²) in [7, 11) is 3.10. The molecule has 0 amide bonds. The third-order valence-corrected chi connectivity index (χ3v) is 6.03. The number of nitrogens with zero attached hydrogens (tertiary/aromatic N) is 7. The lowest BCUT2D eigenvalue weighted by atomic mass is 10.4. The molecule has 24 heavy (non-hydrogen) atoms. The molecule has 0 radical (unpaired) electrons. The Morgan fingerprint density at radius 1 is 1.21 bits per heavy atom. The number of aryl methyl sites for hydroxylation is 1. The lowest BCUT2D eigenvalue weighted by Gasteiger charge is -2.09. The number of halogens is 2. The third-order valence-electron chi connectivity index (χ3n) is 3.95. The number of rotatable bonds is 2. The van der Waals surface area contributed by atoms with Gasteiger partial charge in [-0.1, -0.05) is 11.8 Å². The van der Waals surface area contributed by atoms with Gasteiger partial charge < -0.3 is 4.57 Å². The first-order valence-electron chi connectivity index (χ1n) is 6.95. The van der Waals surface area contributed by atoms with E-state index in [0.717, 1.165) is 9.72 Å². The quantitative estimate of drug-likeness (QED) is 0.541. The van der Waals surface area contributed by atoms with E-state index in [4.69, 9.17) is 0 Å². The van der Waals surface area contributed by atoms with Gasteiger partial charge in [-0.15, -0.1) is 5.10 Å². The zero-order chi connectivity index (χ0) is 17.2. The van der Waals surface area contributed by atoms with Crippen LogP contribution in [0.1, 0.15) is 0 Å². The lowest BCUT2D eigenvalue weighted by molar-refractivity contribution is 0.538. The molecular weight excluding hydrogens is 466 g/mol. The summed E-state index contributed by atoms with van der Waals surface area (Å²) >= 11 is 8.18. The maximum Gasteiger partial charge on any atom is 0.332 e. The van der Waals surface area contributed by atoms with E-state index < -0.39 is 0 Å². The summed E-state index contributed by atoms with van der Waals surface area (Å²) in [6.07, 6.45) is 0. The first kappa shape index (κ1) is 16.1. The molecule has 0 spiro atoms. The highest BCUT2D eigenvalue weighted by Crippen LogP contribution is 2.34. The minimum absolute atomic E-state index is 0.170. The van der Waals surface area contributed by atoms with E-state index in [9.17, 15) is 9.59 Å². The largest absolute Gasteiger partial charge is 0.332 e. The standard InChI is InChI=1S/C12H11Br2N7O2S/c1-18-7-6(8(22)19(2)12(18)23)20-3-5(24-11(20)15-7)4-21-10(14)16-9(13)17-21/h5H,3-4H2,1-2H3. The van der Waals surface area contributed by atoms with Crippen LogP contribution in [0, 0.1) is 0 Å². The summed E-state index contributed by atoms with van der Waals surface area (Å²) in [5, 5.41) is 5.17. The fourth-order valence-electron chi connectivity index (χ4n) is 2.78. The highest BCUT2D eigenvalue weighted by atomic mass is 79.9. The summed E-state index contributed by atoms with van der Waals surface area (Å²) in [5.41, 5.74) is 0.192. The molecule has 1 atom stereocenters. The second kappa shape index (κ2) is 5.56. The Kier molecular flexibility index (Phi) is 3.73. The van der Waals surface area contributed by atoms with Crippen LogP contribution in [0.5, 0.6) is 0 Å². The Morgan fingerprint density at radius 3 is 2.62 bits per heavy atom. The van der Waals surface area contributed by atoms with E-state index in [2.05, 4.69) is 46.9 Å². The summed E-state index contributed by atoms with van der Waals surface area (Å²) in [4.78, 5) is 33.1. The molecule has 0 N–H and O–H groups in total. The average Bonchev–Trinajstić information content (AvgIpc) is 3.16. The van der Waals surface area contributed by atoms with Gasteiger partial charge in [-0.2, -0.15) is 4.98 Å². The van der Waals surface area contributed by atoms with E-state index in [1.807, 2.05) is 4.57 Å². The Hall–Kier alpha value is -1.40. The van der Waals surface area contributed by atoms with Crippen molar-refractivity contribution in [3.63, 3.8) is 0 Å². The average molecular weight is 477 g/mol. The maximum absolute atomic E-state index is 12.5. The zero-order valence-corrected chi connectivity index (χ0v) is 16.6. The Bertz CT molecular complexity index is 1100. The molecule has 3 aromatic heterocycles. The maximum atomic E-state index is 12.5. The van der Waals surface area contributed by atoms with Crippen LogP contribution < -0.4 is 11.2 Å². The van der Waals surface area contributed by atoms with Crippen molar-refractivity contribution in [2.24, 2.45) is 14.1 Å². The minimum Gasteiger partial charge on any atom is -0.312 e. The van der Waals surface area contributed by atoms with E-state index in [0.29, 0.717) is 33.7 Å². The van der Waals surface area contributed by atoms with Gasteiger partial charge in [0.1, 0.15) is 0 Å². The number of aromatic nitrogens is 7. The van der Waals surface area contributed by atoms with Crippen LogP contribution in [0.25, 0.3) is 11.2 Å². The SMILES string of the molecule is Cn1c(=O)c2c(nc3n2CC(Cn2nc(Br)nc2Br)S3)n(C)c1=O. The number of thioether (sulfide) groups is 1. The van der Waals surface area contributed by atoms with E-state index in [1.165, 1.54) is 11.6 Å². The molecule has 0 bridgehead atoms. The van der Waals surface area contributed by atoms with E-state index in [1.54, 1.807) is 23.5 Å². The van der Waals surface area contributed by atoms with Crippen LogP contribution >= 0.6 is 43.6 Å². The predicted octanol–water partition coefficient (Wildman–Crippen LogP) is 0.725. The summed E-state index contributed by atoms with van der Waals surface area (Å²) in [5.74, 6) is 0. The molecule has 0 saturated heterocycles. The fraction of sp³-hybridized carbons (Fsp3) is 0.417. The molecule has 4 rings (SSSR count). The molecule has 3 aromatic rings. The van der Waals surface area contributed by atoms with Crippen molar-refractivity contribution in [3.05, 3.63) is 30.3 Å². The molecule has 0 aromatic carbocycles. The van der Waals surface area contributed by atoms with E-state index >= 15 is 0 Å². The molecule has 1 aliphatic rings. The van der Waals surface area contributed by atoms with Crippen molar-refractivity contribution < 1.29 is 0 Å². The molecule has 12 heteroatoms. The van der Waals surface area contributed by atoms with Gasteiger partial charge in [0.15, 0.2) is 21.1 Å². The van der Waals surface area contributed by atoms with Gasteiger partial charge >= 0.3 is 5.69 Å². The highest BCUT2D eigenvalue weighted by Gasteiger charge is 2.30. The van der Waals surface area contributed by atoms with Crippen molar-refractivity contribution in [2.45, 2.75) is 23.5 Å². The molecule has 0 aliphatic carbocycles. The van der Waals surface area contributed by atoms with Gasteiger partial charge in [0.2, 0.25) is 4.73 Å². The molecule has 1 unspecified atom stereocenters. The number of imidazole rings is 1. The number of fused-ring (bicyclic) bond motifs is 3. The first-order chi connectivity index (χ1) is 11.4. The molecule has 1 aliphatic heterocycles. The second-order valence-corrected chi connectivity index (χ2v) is 8.14. The van der Waals surface area contributed by atoms with Crippen LogP contribution in [-0.4, -0.2) is 38.7 Å². The zero-order valence-electron chi connectivity index (χ0n) is 12.6. The van der Waals surface area contributed by atoms with Crippen molar-refractivity contribution in [3.8, 4) is 0 Å². The molecule has 4 heterocycles. The first-order valence-corrected chi connectivity index (χ1v) is 9.42. The van der Waals surface area contributed by atoms with Crippen molar-refractivity contribution in [1.82, 2.24) is 33.4 Å². The molecule has 0 fully saturated rings. The Balaban J connectivity index is 1.74. The van der Waals surface area contributed by atoms with Gasteiger partial charge in [0.05, 0.1) is 11.8 Å². The van der Waals surface area contributed by atoms with Crippen LogP contribution in [0.3, 0.4) is 0 Å². The second-order valence-electron chi connectivity index (χ2n) is 5.45. The molecular formula is C12H11Br2N7O2S. The monoisotopic (exact) mass is 475 g/mol. The van der Waals surface area contributed by atoms with Crippen LogP contribution in [0.4, 0.5) is 0 Å². The van der Waals surface area contributed by atoms with Crippen molar-refractivity contribution in [1.29, 1.82) is 0 Å². The predicted molar refractivity (Wildman–Crippen MR) is 95.3 cm³/mol. The van der Waals surface area contributed by atoms with Gasteiger partial charge in [-0.25, -0.2) is 14.5 Å². The minimum atomic E-state index is -0.373. The van der Waals surface area contributed by atoms with Gasteiger partial charge in [0, 0.05) is 20.6 Å². The van der Waals surface area contributed by atoms with Crippen molar-refractivity contribution >= 4 is 54.8 Å². The van der Waals surface area contributed by atoms with Gasteiger partial charge in [-0.05, 0) is 31.9 Å². The Labute approximate surface area is 155 Å². The normalized spacial score (nSPS) is 16.9. The summed E-state index contributed by atoms with van der Waals surface area (Å²) in [6, 6.07) is 0. The molecule has 0 saturated carbocycles. The fourth-order valence-corrected chi connectivity index (χ4v) is 4.94. The van der Waals surface area contributed by atoms with Gasteiger partial charge in [0.25, 0.3) is 5.56 Å². The van der Waals surface area contributed by atoms with E-state index in [-0.39, 0.29) is 16.5 Å². The van der Waals surface area contributed by atoms with Crippen LogP contribution in [0.2, 0.25) is 0 Å². The van der Waals surface area contributed by atoms with Gasteiger partial charge in [-0.3, -0.25) is 13.9 Å². The summed E-state index contributed by atoms with van der Waals surface area (Å²) in [6.45, 7) is 1.24. The smallest absolute Gasteiger partial charge is 0.312 e. The Morgan fingerprint density at radius 2 is 1.96 bits per heavy atom. The third kappa shape index (κ3) is 2.30. The molecule has 126 valence electrons. The lowest BCUT2D eigenvalue weighted by Crippen LogP contribution is -2.37. The summed E-state index contributed by atoms with van der Waals surface area (Å²) < 4.78 is 7.31. The van der Waals surface area contributed by atoms with Crippen molar-refractivity contribution in [2.75, 3.05) is 0 Å². The number of hydrogen-bond donors (Lipinski definition) is 0.